The molecule has 3 N–H and O–H groups in total. The summed E-state index contributed by atoms with van der Waals surface area (Å²) in [6.07, 6.45) is 3.17. The van der Waals surface area contributed by atoms with Crippen LogP contribution in [0.4, 0.5) is 11.4 Å². The molecular weight excluding hydrogens is 380 g/mol. The third-order valence-electron chi connectivity index (χ3n) is 5.71. The molecule has 1 amide bonds. The first-order chi connectivity index (χ1) is 14.4. The summed E-state index contributed by atoms with van der Waals surface area (Å²) in [7, 11) is 0. The van der Waals surface area contributed by atoms with E-state index in [2.05, 4.69) is 29.5 Å². The smallest absolute Gasteiger partial charge is 0.282 e. The van der Waals surface area contributed by atoms with Crippen LogP contribution in [0.3, 0.4) is 0 Å². The number of fused-ring (bicyclic) bond motifs is 3. The third-order valence-corrected chi connectivity index (χ3v) is 5.71. The van der Waals surface area contributed by atoms with Crippen LogP contribution in [0, 0.1) is 16.0 Å². The molecule has 0 saturated carbocycles. The zero-order valence-corrected chi connectivity index (χ0v) is 17.2. The highest BCUT2D eigenvalue weighted by molar-refractivity contribution is 6.07. The molecular formula is C23H26N4O3. The number of H-pyrrole nitrogens is 1. The number of hydrogen-bond donors (Lipinski definition) is 3. The lowest BCUT2D eigenvalue weighted by molar-refractivity contribution is -0.385. The van der Waals surface area contributed by atoms with E-state index < -0.39 is 10.8 Å². The van der Waals surface area contributed by atoms with Crippen LogP contribution in [0.5, 0.6) is 0 Å². The second-order valence-electron chi connectivity index (χ2n) is 8.24. The summed E-state index contributed by atoms with van der Waals surface area (Å²) in [5, 5.41) is 18.7. The van der Waals surface area contributed by atoms with Crippen molar-refractivity contribution in [3.05, 3.63) is 69.4 Å². The number of nitrogens with one attached hydrogen (secondary N) is 3. The summed E-state index contributed by atoms with van der Waals surface area (Å²) in [5.41, 5.74) is 4.13. The maximum atomic E-state index is 12.7. The molecule has 1 atom stereocenters. The minimum absolute atomic E-state index is 0.0542. The first-order valence-electron chi connectivity index (χ1n) is 10.3. The van der Waals surface area contributed by atoms with Gasteiger partial charge in [-0.1, -0.05) is 26.0 Å². The van der Waals surface area contributed by atoms with E-state index >= 15 is 0 Å². The van der Waals surface area contributed by atoms with E-state index in [0.29, 0.717) is 17.6 Å². The van der Waals surface area contributed by atoms with Crippen molar-refractivity contribution in [1.29, 1.82) is 0 Å². The highest BCUT2D eigenvalue weighted by atomic mass is 16.6. The Labute approximate surface area is 175 Å². The number of carbonyl (C=O) groups excluding carboxylic acids is 1. The number of carbonyl (C=O) groups is 1. The molecule has 1 unspecified atom stereocenters. The molecule has 2 aromatic carbocycles. The number of aryl methyl sites for hydroxylation is 1. The molecule has 30 heavy (non-hydrogen) atoms. The summed E-state index contributed by atoms with van der Waals surface area (Å²) in [4.78, 5) is 26.9. The summed E-state index contributed by atoms with van der Waals surface area (Å²) in [6.45, 7) is 5.32. The van der Waals surface area contributed by atoms with Crippen molar-refractivity contribution in [2.45, 2.75) is 39.2 Å². The van der Waals surface area contributed by atoms with Gasteiger partial charge in [0.25, 0.3) is 11.6 Å². The quantitative estimate of drug-likeness (QED) is 0.416. The molecule has 1 aliphatic rings. The van der Waals surface area contributed by atoms with E-state index in [4.69, 9.17) is 0 Å². The summed E-state index contributed by atoms with van der Waals surface area (Å²) in [6, 6.07) is 12.2. The number of amides is 1. The van der Waals surface area contributed by atoms with Gasteiger partial charge in [0.15, 0.2) is 0 Å². The summed E-state index contributed by atoms with van der Waals surface area (Å²) in [5.74, 6) is 0.106. The Bertz CT molecular complexity index is 1100. The minimum atomic E-state index is -0.536. The Hall–Kier alpha value is -3.19. The Morgan fingerprint density at radius 2 is 2.07 bits per heavy atom. The van der Waals surface area contributed by atoms with Crippen LogP contribution in [0.2, 0.25) is 0 Å². The van der Waals surface area contributed by atoms with Crippen LogP contribution in [0.25, 0.3) is 10.9 Å². The van der Waals surface area contributed by atoms with E-state index in [1.807, 2.05) is 18.2 Å². The number of aromatic amines is 1. The number of para-hydroxylation sites is 1. The zero-order chi connectivity index (χ0) is 21.3. The van der Waals surface area contributed by atoms with Crippen molar-refractivity contribution in [3.63, 3.8) is 0 Å². The molecule has 156 valence electrons. The predicted octanol–water partition coefficient (Wildman–Crippen LogP) is 4.43. The molecule has 1 aliphatic carbocycles. The van der Waals surface area contributed by atoms with Gasteiger partial charge < -0.3 is 15.6 Å². The first kappa shape index (κ1) is 20.1. The molecule has 3 aromatic rings. The topological polar surface area (TPSA) is 100 Å². The molecule has 1 heterocycles. The number of aromatic nitrogens is 1. The monoisotopic (exact) mass is 406 g/mol. The van der Waals surface area contributed by atoms with Crippen molar-refractivity contribution < 1.29 is 9.72 Å². The van der Waals surface area contributed by atoms with Crippen LogP contribution < -0.4 is 10.6 Å². The standard InChI is InChI=1S/C23H26N4O3/c1-14(2)24-13-15-7-9-20-18(11-15)19-12-16(8-10-21(19)26-20)25-23(28)17-5-3-4-6-22(17)27(29)30/h3-6,8,10,12,14-15,24,26H,7,9,11,13H2,1-2H3,(H,25,28). The number of anilines is 1. The van der Waals surface area contributed by atoms with Crippen molar-refractivity contribution in [2.75, 3.05) is 11.9 Å². The molecule has 0 bridgehead atoms. The normalized spacial score (nSPS) is 15.9. The average Bonchev–Trinajstić information content (AvgIpc) is 3.09. The van der Waals surface area contributed by atoms with Crippen molar-refractivity contribution >= 4 is 28.2 Å². The predicted molar refractivity (Wildman–Crippen MR) is 118 cm³/mol. The van der Waals surface area contributed by atoms with E-state index in [-0.39, 0.29) is 11.3 Å². The fourth-order valence-corrected chi connectivity index (χ4v) is 4.17. The summed E-state index contributed by atoms with van der Waals surface area (Å²) < 4.78 is 0. The molecule has 0 spiro atoms. The van der Waals surface area contributed by atoms with Crippen molar-refractivity contribution in [1.82, 2.24) is 10.3 Å². The molecule has 1 aromatic heterocycles. The number of nitrogens with zero attached hydrogens (tertiary/aromatic N) is 1. The van der Waals surface area contributed by atoms with Gasteiger partial charge in [0.1, 0.15) is 5.56 Å². The second kappa shape index (κ2) is 8.28. The van der Waals surface area contributed by atoms with Gasteiger partial charge in [-0.3, -0.25) is 14.9 Å². The largest absolute Gasteiger partial charge is 0.358 e. The van der Waals surface area contributed by atoms with Gasteiger partial charge in [0.05, 0.1) is 4.92 Å². The van der Waals surface area contributed by atoms with Crippen LogP contribution >= 0.6 is 0 Å². The number of hydrogen-bond acceptors (Lipinski definition) is 4. The van der Waals surface area contributed by atoms with E-state index in [1.165, 1.54) is 23.4 Å². The molecule has 0 aliphatic heterocycles. The van der Waals surface area contributed by atoms with Crippen LogP contribution in [0.1, 0.15) is 41.9 Å². The fraction of sp³-hybridized carbons (Fsp3) is 0.348. The van der Waals surface area contributed by atoms with Crippen LogP contribution in [-0.4, -0.2) is 28.4 Å². The molecule has 7 heteroatoms. The van der Waals surface area contributed by atoms with Gasteiger partial charge in [0.2, 0.25) is 0 Å². The lowest BCUT2D eigenvalue weighted by Gasteiger charge is -2.24. The molecule has 7 nitrogen and oxygen atoms in total. The highest BCUT2D eigenvalue weighted by Crippen LogP contribution is 2.33. The molecule has 0 radical (unpaired) electrons. The van der Waals surface area contributed by atoms with Crippen LogP contribution in [0.15, 0.2) is 42.5 Å². The minimum Gasteiger partial charge on any atom is -0.358 e. The number of nitro groups is 1. The molecule has 0 saturated heterocycles. The Morgan fingerprint density at radius 1 is 1.27 bits per heavy atom. The number of rotatable bonds is 6. The molecule has 0 fully saturated rings. The zero-order valence-electron chi connectivity index (χ0n) is 17.2. The number of benzene rings is 2. The maximum Gasteiger partial charge on any atom is 0.282 e. The van der Waals surface area contributed by atoms with Gasteiger partial charge in [-0.2, -0.15) is 0 Å². The number of nitro benzene ring substituents is 1. The van der Waals surface area contributed by atoms with Crippen molar-refractivity contribution in [3.8, 4) is 0 Å². The maximum absolute atomic E-state index is 12.7. The van der Waals surface area contributed by atoms with Crippen LogP contribution in [-0.2, 0) is 12.8 Å². The van der Waals surface area contributed by atoms with Gasteiger partial charge in [-0.25, -0.2) is 0 Å². The third kappa shape index (κ3) is 4.07. The molecule has 4 rings (SSSR count). The summed E-state index contributed by atoms with van der Waals surface area (Å²) >= 11 is 0. The van der Waals surface area contributed by atoms with E-state index in [0.717, 1.165) is 36.7 Å². The van der Waals surface area contributed by atoms with Gasteiger partial charge in [-0.15, -0.1) is 0 Å². The SMILES string of the molecule is CC(C)NCC1CCc2[nH]c3ccc(NC(=O)c4ccccc4[N+](=O)[O-])cc3c2C1. The van der Waals surface area contributed by atoms with Gasteiger partial charge in [-0.05, 0) is 61.6 Å². The van der Waals surface area contributed by atoms with Crippen molar-refractivity contribution in [2.24, 2.45) is 5.92 Å². The Morgan fingerprint density at radius 3 is 2.83 bits per heavy atom. The van der Waals surface area contributed by atoms with E-state index in [9.17, 15) is 14.9 Å². The van der Waals surface area contributed by atoms with E-state index in [1.54, 1.807) is 12.1 Å². The van der Waals surface area contributed by atoms with Gasteiger partial charge >= 0.3 is 0 Å². The Kier molecular flexibility index (Phi) is 5.55. The second-order valence-corrected chi connectivity index (χ2v) is 8.24. The Balaban J connectivity index is 1.58. The lowest BCUT2D eigenvalue weighted by Crippen LogP contribution is -2.31. The van der Waals surface area contributed by atoms with Gasteiger partial charge in [0, 0.05) is 34.4 Å². The fourth-order valence-electron chi connectivity index (χ4n) is 4.17. The lowest BCUT2D eigenvalue weighted by atomic mass is 9.86. The highest BCUT2D eigenvalue weighted by Gasteiger charge is 2.23. The average molecular weight is 406 g/mol. The first-order valence-corrected chi connectivity index (χ1v) is 10.3.